The number of rotatable bonds is 2. The van der Waals surface area contributed by atoms with E-state index in [0.29, 0.717) is 5.56 Å². The number of carbonyl (C=O) groups excluding carboxylic acids is 1. The van der Waals surface area contributed by atoms with Crippen molar-refractivity contribution in [2.75, 3.05) is 0 Å². The monoisotopic (exact) mass is 261 g/mol. The predicted molar refractivity (Wildman–Crippen MR) is 67.7 cm³/mol. The lowest BCUT2D eigenvalue weighted by Crippen LogP contribution is -2.22. The van der Waals surface area contributed by atoms with Crippen LogP contribution in [0.1, 0.15) is 19.4 Å². The van der Waals surface area contributed by atoms with Crippen molar-refractivity contribution in [3.05, 3.63) is 46.3 Å². The van der Waals surface area contributed by atoms with Gasteiger partial charge in [-0.1, -0.05) is 23.4 Å². The zero-order valence-corrected chi connectivity index (χ0v) is 10.4. The van der Waals surface area contributed by atoms with Gasteiger partial charge >= 0.3 is 11.7 Å². The van der Waals surface area contributed by atoms with E-state index in [0.717, 1.165) is 0 Å². The van der Waals surface area contributed by atoms with Crippen molar-refractivity contribution in [3.63, 3.8) is 0 Å². The molecule has 0 saturated carbocycles. The van der Waals surface area contributed by atoms with Gasteiger partial charge in [0.15, 0.2) is 0 Å². The van der Waals surface area contributed by atoms with Gasteiger partial charge in [0.1, 0.15) is 0 Å². The molecule has 0 atom stereocenters. The van der Waals surface area contributed by atoms with Crippen LogP contribution in [0.25, 0.3) is 0 Å². The van der Waals surface area contributed by atoms with E-state index in [2.05, 4.69) is 9.99 Å². The van der Waals surface area contributed by atoms with Crippen molar-refractivity contribution >= 4 is 23.1 Å². The first kappa shape index (κ1) is 12.7. The first-order valence-corrected chi connectivity index (χ1v) is 5.49. The lowest BCUT2D eigenvalue weighted by Gasteiger charge is -1.98. The van der Waals surface area contributed by atoms with E-state index >= 15 is 0 Å². The molecule has 1 aromatic rings. The molecule has 0 aliphatic carbocycles. The van der Waals surface area contributed by atoms with Gasteiger partial charge in [-0.2, -0.15) is 0 Å². The zero-order chi connectivity index (χ0) is 14.0. The van der Waals surface area contributed by atoms with Crippen LogP contribution < -0.4 is 0 Å². The minimum Gasteiger partial charge on any atom is -0.561 e. The first-order chi connectivity index (χ1) is 9.02. The van der Waals surface area contributed by atoms with Gasteiger partial charge in [-0.05, 0) is 12.1 Å². The molecular formula is C12H11N3O4. The van der Waals surface area contributed by atoms with Gasteiger partial charge in [-0.3, -0.25) is 0 Å². The van der Waals surface area contributed by atoms with Gasteiger partial charge in [0.05, 0.1) is 15.3 Å². The van der Waals surface area contributed by atoms with Crippen LogP contribution in [0, 0.1) is 10.4 Å². The summed E-state index contributed by atoms with van der Waals surface area (Å²) in [5, 5.41) is 27.0. The third-order valence-electron chi connectivity index (χ3n) is 2.52. The molecule has 0 saturated heterocycles. The Morgan fingerprint density at radius 2 is 1.84 bits per heavy atom. The highest BCUT2D eigenvalue weighted by Gasteiger charge is 2.41. The lowest BCUT2D eigenvalue weighted by molar-refractivity contribution is -1.05. The molecule has 19 heavy (non-hydrogen) atoms. The summed E-state index contributed by atoms with van der Waals surface area (Å²) >= 11 is 0. The molecule has 0 unspecified atom stereocenters. The minimum absolute atomic E-state index is 0.0476. The summed E-state index contributed by atoms with van der Waals surface area (Å²) in [6, 6.07) is 8.55. The number of benzene rings is 1. The SMILES string of the molecule is CC(=O)O/N=C1\C(C)=[N+]([O-])[N+]([O-])=C1c1ccccc1. The Morgan fingerprint density at radius 3 is 2.42 bits per heavy atom. The van der Waals surface area contributed by atoms with Crippen molar-refractivity contribution in [2.45, 2.75) is 13.8 Å². The van der Waals surface area contributed by atoms with Crippen LogP contribution in [0.2, 0.25) is 0 Å². The predicted octanol–water partition coefficient (Wildman–Crippen LogP) is 0.805. The molecule has 1 aliphatic heterocycles. The van der Waals surface area contributed by atoms with Crippen LogP contribution in [-0.4, -0.2) is 32.8 Å². The average molecular weight is 261 g/mol. The fourth-order valence-corrected chi connectivity index (χ4v) is 1.64. The second kappa shape index (κ2) is 4.89. The Labute approximate surface area is 108 Å². The Kier molecular flexibility index (Phi) is 3.28. The van der Waals surface area contributed by atoms with Crippen molar-refractivity contribution in [1.82, 2.24) is 0 Å². The highest BCUT2D eigenvalue weighted by Crippen LogP contribution is 2.10. The number of hydrogen-bond donors (Lipinski definition) is 0. The summed E-state index contributed by atoms with van der Waals surface area (Å²) in [6.07, 6.45) is 0. The molecule has 98 valence electrons. The molecule has 2 rings (SSSR count). The van der Waals surface area contributed by atoms with E-state index < -0.39 is 5.97 Å². The second-order valence-corrected chi connectivity index (χ2v) is 3.87. The molecule has 0 aromatic heterocycles. The quantitative estimate of drug-likeness (QED) is 0.341. The highest BCUT2D eigenvalue weighted by atomic mass is 16.7. The Bertz CT molecular complexity index is 617. The fourth-order valence-electron chi connectivity index (χ4n) is 1.64. The summed E-state index contributed by atoms with van der Waals surface area (Å²) < 4.78 is 0. The number of hydrazine groups is 1. The minimum atomic E-state index is -0.630. The summed E-state index contributed by atoms with van der Waals surface area (Å²) in [5.74, 6) is -0.630. The van der Waals surface area contributed by atoms with Crippen LogP contribution in [0.5, 0.6) is 0 Å². The molecule has 0 bridgehead atoms. The van der Waals surface area contributed by atoms with Gasteiger partial charge < -0.3 is 15.3 Å². The fraction of sp³-hybridized carbons (Fsp3) is 0.167. The molecule has 1 aliphatic rings. The van der Waals surface area contributed by atoms with E-state index in [1.54, 1.807) is 30.3 Å². The molecule has 7 nitrogen and oxygen atoms in total. The van der Waals surface area contributed by atoms with Gasteiger partial charge in [0, 0.05) is 13.8 Å². The summed E-state index contributed by atoms with van der Waals surface area (Å²) in [6.45, 7) is 2.61. The van der Waals surface area contributed by atoms with E-state index in [9.17, 15) is 15.2 Å². The Hall–Kier alpha value is -2.70. The Morgan fingerprint density at radius 1 is 1.21 bits per heavy atom. The number of carbonyl (C=O) groups is 1. The smallest absolute Gasteiger partial charge is 0.332 e. The van der Waals surface area contributed by atoms with Gasteiger partial charge in [0.2, 0.25) is 0 Å². The van der Waals surface area contributed by atoms with Crippen molar-refractivity contribution < 1.29 is 19.3 Å². The van der Waals surface area contributed by atoms with Crippen LogP contribution in [0.4, 0.5) is 0 Å². The van der Waals surface area contributed by atoms with E-state index in [1.807, 2.05) is 0 Å². The van der Waals surface area contributed by atoms with Crippen LogP contribution >= 0.6 is 0 Å². The van der Waals surface area contributed by atoms with Gasteiger partial charge in [0.25, 0.3) is 11.4 Å². The zero-order valence-electron chi connectivity index (χ0n) is 10.4. The Balaban J connectivity index is 2.52. The molecule has 0 radical (unpaired) electrons. The van der Waals surface area contributed by atoms with Crippen LogP contribution in [-0.2, 0) is 9.63 Å². The summed E-state index contributed by atoms with van der Waals surface area (Å²) in [5.41, 5.74) is 0.678. The summed E-state index contributed by atoms with van der Waals surface area (Å²) in [7, 11) is 0. The maximum absolute atomic E-state index is 11.8. The third kappa shape index (κ3) is 2.30. The highest BCUT2D eigenvalue weighted by molar-refractivity contribution is 6.69. The van der Waals surface area contributed by atoms with E-state index in [4.69, 9.17) is 0 Å². The largest absolute Gasteiger partial charge is 0.561 e. The lowest BCUT2D eigenvalue weighted by atomic mass is 10.0. The maximum Gasteiger partial charge on any atom is 0.332 e. The van der Waals surface area contributed by atoms with Crippen molar-refractivity contribution in [3.8, 4) is 0 Å². The number of hydrazone groups is 2. The molecule has 0 amide bonds. The van der Waals surface area contributed by atoms with Crippen molar-refractivity contribution in [2.24, 2.45) is 5.16 Å². The number of hydrogen-bond acceptors (Lipinski definition) is 5. The van der Waals surface area contributed by atoms with Crippen LogP contribution in [0.15, 0.2) is 35.5 Å². The van der Waals surface area contributed by atoms with Gasteiger partial charge in [-0.25, -0.2) is 4.79 Å². The van der Waals surface area contributed by atoms with E-state index in [-0.39, 0.29) is 26.8 Å². The first-order valence-electron chi connectivity index (χ1n) is 5.49. The second-order valence-electron chi connectivity index (χ2n) is 3.87. The maximum atomic E-state index is 11.8. The average Bonchev–Trinajstić information content (AvgIpc) is 2.61. The normalized spacial score (nSPS) is 17.3. The van der Waals surface area contributed by atoms with Crippen LogP contribution in [0.3, 0.4) is 0 Å². The summed E-state index contributed by atoms with van der Waals surface area (Å²) in [4.78, 5) is 15.6. The van der Waals surface area contributed by atoms with E-state index in [1.165, 1.54) is 13.8 Å². The molecule has 0 fully saturated rings. The molecule has 1 heterocycles. The molecular weight excluding hydrogens is 250 g/mol. The number of nitrogens with zero attached hydrogens (tertiary/aromatic N) is 3. The van der Waals surface area contributed by atoms with Gasteiger partial charge in [-0.15, -0.1) is 0 Å². The molecule has 7 heteroatoms. The number of oxime groups is 1. The topological polar surface area (TPSA) is 90.8 Å². The van der Waals surface area contributed by atoms with Crippen molar-refractivity contribution in [1.29, 1.82) is 0 Å². The molecule has 0 N–H and O–H groups in total. The molecule has 0 spiro atoms. The third-order valence-corrected chi connectivity index (χ3v) is 2.52. The molecule has 1 aromatic carbocycles. The standard InChI is InChI=1S/C12H11N3O4/c1-8-11(13-19-9(2)16)12(15(18)14(8)17)10-6-4-3-5-7-10/h3-7H,1-2H3/b13-11+.